The second kappa shape index (κ2) is 3.75. The molecule has 1 aromatic rings. The molecular formula is C9H11ClN2O. The van der Waals surface area contributed by atoms with Crippen molar-refractivity contribution in [2.75, 3.05) is 19.0 Å². The number of carbonyl (C=O) groups is 1. The number of hydrogen-bond acceptors (Lipinski definition) is 3. The third-order valence-electron chi connectivity index (χ3n) is 1.65. The fourth-order valence-electron chi connectivity index (χ4n) is 1.04. The maximum Gasteiger partial charge on any atom is 0.180 e. The van der Waals surface area contributed by atoms with Crippen molar-refractivity contribution < 1.29 is 4.79 Å². The van der Waals surface area contributed by atoms with Crippen LogP contribution in [0.25, 0.3) is 0 Å². The first kappa shape index (κ1) is 9.99. The Hall–Kier alpha value is -1.09. The van der Waals surface area contributed by atoms with Crippen LogP contribution in [0, 0.1) is 0 Å². The summed E-state index contributed by atoms with van der Waals surface area (Å²) in [6, 6.07) is 1.73. The van der Waals surface area contributed by atoms with Crippen molar-refractivity contribution in [2.45, 2.75) is 6.92 Å². The highest BCUT2D eigenvalue weighted by Crippen LogP contribution is 2.20. The fraction of sp³-hybridized carbons (Fsp3) is 0.333. The molecule has 1 rings (SSSR count). The van der Waals surface area contributed by atoms with Gasteiger partial charge < -0.3 is 4.90 Å². The van der Waals surface area contributed by atoms with E-state index in [1.165, 1.54) is 13.1 Å². The molecule has 0 atom stereocenters. The van der Waals surface area contributed by atoms with E-state index in [0.29, 0.717) is 10.7 Å². The highest BCUT2D eigenvalue weighted by molar-refractivity contribution is 6.30. The van der Waals surface area contributed by atoms with Gasteiger partial charge >= 0.3 is 0 Å². The van der Waals surface area contributed by atoms with E-state index in [9.17, 15) is 4.79 Å². The number of aromatic nitrogens is 1. The molecule has 0 fully saturated rings. The normalized spacial score (nSPS) is 9.85. The Morgan fingerprint density at radius 1 is 1.54 bits per heavy atom. The van der Waals surface area contributed by atoms with Crippen molar-refractivity contribution in [2.24, 2.45) is 0 Å². The average Bonchev–Trinajstić information content (AvgIpc) is 2.03. The molecule has 0 bridgehead atoms. The number of rotatable bonds is 2. The lowest BCUT2D eigenvalue weighted by Gasteiger charge is -2.14. The van der Waals surface area contributed by atoms with Crippen LogP contribution in [0.1, 0.15) is 17.4 Å². The lowest BCUT2D eigenvalue weighted by Crippen LogP contribution is -2.14. The van der Waals surface area contributed by atoms with Crippen LogP contribution in [-0.2, 0) is 0 Å². The largest absolute Gasteiger partial charge is 0.376 e. The smallest absolute Gasteiger partial charge is 0.180 e. The fourth-order valence-corrected chi connectivity index (χ4v) is 1.19. The summed E-state index contributed by atoms with van der Waals surface area (Å²) in [7, 11) is 3.69. The summed E-state index contributed by atoms with van der Waals surface area (Å²) in [5.41, 5.74) is 1.20. The molecule has 0 aliphatic heterocycles. The van der Waals surface area contributed by atoms with Crippen LogP contribution in [0.15, 0.2) is 12.3 Å². The van der Waals surface area contributed by atoms with Gasteiger partial charge in [0.25, 0.3) is 0 Å². The van der Waals surface area contributed by atoms with Crippen LogP contribution < -0.4 is 4.90 Å². The predicted molar refractivity (Wildman–Crippen MR) is 53.6 cm³/mol. The van der Waals surface area contributed by atoms with Crippen LogP contribution in [-0.4, -0.2) is 24.9 Å². The molecule has 0 aromatic carbocycles. The Labute approximate surface area is 82.3 Å². The quantitative estimate of drug-likeness (QED) is 0.682. The molecular weight excluding hydrogens is 188 g/mol. The molecule has 0 saturated carbocycles. The van der Waals surface area contributed by atoms with Crippen molar-refractivity contribution in [1.29, 1.82) is 0 Å². The molecule has 0 saturated heterocycles. The van der Waals surface area contributed by atoms with Crippen LogP contribution in [0.4, 0.5) is 5.69 Å². The number of pyridine rings is 1. The molecule has 13 heavy (non-hydrogen) atoms. The summed E-state index contributed by atoms with van der Waals surface area (Å²) in [4.78, 5) is 16.9. The zero-order chi connectivity index (χ0) is 10.0. The molecule has 1 heterocycles. The number of ketones is 1. The summed E-state index contributed by atoms with van der Waals surface area (Å²) in [6.07, 6.45) is 1.48. The van der Waals surface area contributed by atoms with E-state index in [1.807, 2.05) is 19.0 Å². The van der Waals surface area contributed by atoms with Crippen LogP contribution in [0.2, 0.25) is 5.02 Å². The predicted octanol–water partition coefficient (Wildman–Crippen LogP) is 2.00. The summed E-state index contributed by atoms with van der Waals surface area (Å²) in [6.45, 7) is 1.49. The summed E-state index contributed by atoms with van der Waals surface area (Å²) >= 11 is 5.77. The first-order valence-corrected chi connectivity index (χ1v) is 4.24. The van der Waals surface area contributed by atoms with Crippen molar-refractivity contribution >= 4 is 23.1 Å². The molecule has 0 aliphatic carbocycles. The molecule has 0 amide bonds. The first-order chi connectivity index (χ1) is 6.02. The Balaban J connectivity index is 3.26. The van der Waals surface area contributed by atoms with Gasteiger partial charge in [-0.15, -0.1) is 0 Å². The number of hydrogen-bond donors (Lipinski definition) is 0. The van der Waals surface area contributed by atoms with Crippen LogP contribution in [0.5, 0.6) is 0 Å². The number of carbonyl (C=O) groups excluding carboxylic acids is 1. The second-order valence-corrected chi connectivity index (χ2v) is 3.41. The van der Waals surface area contributed by atoms with Crippen molar-refractivity contribution in [3.05, 3.63) is 23.0 Å². The molecule has 0 spiro atoms. The molecule has 0 radical (unpaired) electrons. The van der Waals surface area contributed by atoms with Crippen molar-refractivity contribution in [3.63, 3.8) is 0 Å². The monoisotopic (exact) mass is 198 g/mol. The van der Waals surface area contributed by atoms with E-state index in [1.54, 1.807) is 6.07 Å². The second-order valence-electron chi connectivity index (χ2n) is 2.97. The van der Waals surface area contributed by atoms with Gasteiger partial charge in [0, 0.05) is 27.2 Å². The van der Waals surface area contributed by atoms with Crippen LogP contribution in [0.3, 0.4) is 0 Å². The van der Waals surface area contributed by atoms with Gasteiger partial charge in [0.05, 0.1) is 10.7 Å². The van der Waals surface area contributed by atoms with Gasteiger partial charge in [0.1, 0.15) is 5.69 Å². The third kappa shape index (κ3) is 2.18. The maximum atomic E-state index is 11.1. The number of Topliss-reactive ketones (excluding diaryl/α,β-unsaturated/α-hetero) is 1. The number of anilines is 1. The summed E-state index contributed by atoms with van der Waals surface area (Å²) in [5, 5.41) is 0.536. The molecule has 3 nitrogen and oxygen atoms in total. The van der Waals surface area contributed by atoms with Gasteiger partial charge in [0.2, 0.25) is 0 Å². The topological polar surface area (TPSA) is 33.2 Å². The summed E-state index contributed by atoms with van der Waals surface area (Å²) in [5.74, 6) is -0.0552. The number of halogens is 1. The van der Waals surface area contributed by atoms with Crippen molar-refractivity contribution in [3.8, 4) is 0 Å². The minimum Gasteiger partial charge on any atom is -0.376 e. The van der Waals surface area contributed by atoms with E-state index in [-0.39, 0.29) is 5.78 Å². The molecule has 0 aliphatic rings. The molecule has 0 N–H and O–H groups in total. The summed E-state index contributed by atoms with van der Waals surface area (Å²) < 4.78 is 0. The van der Waals surface area contributed by atoms with Crippen molar-refractivity contribution in [1.82, 2.24) is 4.98 Å². The van der Waals surface area contributed by atoms with Gasteiger partial charge in [-0.05, 0) is 6.07 Å². The van der Waals surface area contributed by atoms with Gasteiger partial charge in [-0.1, -0.05) is 11.6 Å². The Morgan fingerprint density at radius 3 is 2.62 bits per heavy atom. The lowest BCUT2D eigenvalue weighted by molar-refractivity contribution is 0.101. The standard InChI is InChI=1S/C9H11ClN2O/c1-6(13)9-8(12(2)3)4-7(10)5-11-9/h4-5H,1-3H3. The van der Waals surface area contributed by atoms with E-state index < -0.39 is 0 Å². The highest BCUT2D eigenvalue weighted by atomic mass is 35.5. The van der Waals surface area contributed by atoms with Crippen LogP contribution >= 0.6 is 11.6 Å². The molecule has 70 valence electrons. The lowest BCUT2D eigenvalue weighted by atomic mass is 10.2. The van der Waals surface area contributed by atoms with Gasteiger partial charge in [-0.2, -0.15) is 0 Å². The SMILES string of the molecule is CC(=O)c1ncc(Cl)cc1N(C)C. The minimum absolute atomic E-state index is 0.0552. The van der Waals surface area contributed by atoms with E-state index in [0.717, 1.165) is 5.69 Å². The van der Waals surface area contributed by atoms with E-state index in [2.05, 4.69) is 4.98 Å². The average molecular weight is 199 g/mol. The first-order valence-electron chi connectivity index (χ1n) is 3.86. The maximum absolute atomic E-state index is 11.1. The highest BCUT2D eigenvalue weighted by Gasteiger charge is 2.10. The molecule has 1 aromatic heterocycles. The van der Waals surface area contributed by atoms with E-state index in [4.69, 9.17) is 11.6 Å². The Bertz CT molecular complexity index is 336. The van der Waals surface area contributed by atoms with Gasteiger partial charge in [-0.25, -0.2) is 4.98 Å². The molecule has 4 heteroatoms. The zero-order valence-electron chi connectivity index (χ0n) is 7.84. The van der Waals surface area contributed by atoms with E-state index >= 15 is 0 Å². The zero-order valence-corrected chi connectivity index (χ0v) is 8.59. The number of nitrogens with zero attached hydrogens (tertiary/aromatic N) is 2. The third-order valence-corrected chi connectivity index (χ3v) is 1.86. The van der Waals surface area contributed by atoms with Gasteiger partial charge in [0.15, 0.2) is 5.78 Å². The Kier molecular flexibility index (Phi) is 2.88. The minimum atomic E-state index is -0.0552. The Morgan fingerprint density at radius 2 is 2.15 bits per heavy atom. The molecule has 0 unspecified atom stereocenters. The van der Waals surface area contributed by atoms with Gasteiger partial charge in [-0.3, -0.25) is 4.79 Å².